The highest BCUT2D eigenvalue weighted by Gasteiger charge is 2.06. The summed E-state index contributed by atoms with van der Waals surface area (Å²) in [6, 6.07) is 4.39. The quantitative estimate of drug-likeness (QED) is 0.763. The van der Waals surface area contributed by atoms with Crippen molar-refractivity contribution in [3.63, 3.8) is 0 Å². The lowest BCUT2D eigenvalue weighted by Crippen LogP contribution is -2.19. The van der Waals surface area contributed by atoms with Crippen LogP contribution < -0.4 is 5.32 Å². The minimum Gasteiger partial charge on any atom is -0.385 e. The monoisotopic (exact) mass is 233 g/mol. The summed E-state index contributed by atoms with van der Waals surface area (Å²) in [6.45, 7) is 3.93. The fourth-order valence-electron chi connectivity index (χ4n) is 1.20. The van der Waals surface area contributed by atoms with Crippen LogP contribution in [0, 0.1) is 0 Å². The molecule has 0 spiro atoms. The van der Waals surface area contributed by atoms with Crippen LogP contribution in [0.25, 0.3) is 0 Å². The van der Waals surface area contributed by atoms with Crippen LogP contribution in [-0.2, 0) is 4.74 Å². The van der Waals surface area contributed by atoms with E-state index in [2.05, 4.69) is 18.3 Å². The van der Waals surface area contributed by atoms with E-state index in [-0.39, 0.29) is 0 Å². The highest BCUT2D eigenvalue weighted by atomic mass is 35.5. The largest absolute Gasteiger partial charge is 0.385 e. The normalized spacial score (nSPS) is 13.1. The van der Waals surface area contributed by atoms with Crippen LogP contribution in [0.4, 0.5) is 0 Å². The maximum absolute atomic E-state index is 5.86. The summed E-state index contributed by atoms with van der Waals surface area (Å²) in [5.74, 6) is 0. The highest BCUT2D eigenvalue weighted by Crippen LogP contribution is 2.26. The number of thiophene rings is 1. The van der Waals surface area contributed by atoms with Crippen molar-refractivity contribution in [3.05, 3.63) is 21.3 Å². The highest BCUT2D eigenvalue weighted by molar-refractivity contribution is 7.16. The number of methoxy groups -OCH3 is 1. The molecule has 4 heteroatoms. The van der Waals surface area contributed by atoms with Gasteiger partial charge in [-0.2, -0.15) is 0 Å². The van der Waals surface area contributed by atoms with Crippen molar-refractivity contribution in [2.24, 2.45) is 0 Å². The number of hydrogen-bond acceptors (Lipinski definition) is 3. The van der Waals surface area contributed by atoms with Gasteiger partial charge >= 0.3 is 0 Å². The molecule has 80 valence electrons. The van der Waals surface area contributed by atoms with Crippen molar-refractivity contribution < 1.29 is 4.74 Å². The van der Waals surface area contributed by atoms with E-state index in [1.54, 1.807) is 18.4 Å². The first kappa shape index (κ1) is 12.0. The first-order chi connectivity index (χ1) is 6.74. The molecule has 0 saturated heterocycles. The molecule has 1 unspecified atom stereocenters. The summed E-state index contributed by atoms with van der Waals surface area (Å²) >= 11 is 7.49. The Bertz CT molecular complexity index is 264. The Hall–Kier alpha value is -0.0900. The van der Waals surface area contributed by atoms with Gasteiger partial charge in [0.1, 0.15) is 0 Å². The minimum atomic E-state index is 0.379. The van der Waals surface area contributed by atoms with Crippen LogP contribution in [-0.4, -0.2) is 20.3 Å². The molecule has 1 N–H and O–H groups in total. The molecule has 0 aliphatic rings. The maximum Gasteiger partial charge on any atom is 0.0931 e. The first-order valence-corrected chi connectivity index (χ1v) is 5.91. The maximum atomic E-state index is 5.86. The van der Waals surface area contributed by atoms with E-state index in [0.29, 0.717) is 6.04 Å². The van der Waals surface area contributed by atoms with Crippen molar-refractivity contribution in [2.45, 2.75) is 19.4 Å². The van der Waals surface area contributed by atoms with Gasteiger partial charge in [0.2, 0.25) is 0 Å². The van der Waals surface area contributed by atoms with Gasteiger partial charge in [-0.15, -0.1) is 11.3 Å². The average Bonchev–Trinajstić information content (AvgIpc) is 2.59. The van der Waals surface area contributed by atoms with E-state index in [1.165, 1.54) is 4.88 Å². The molecule has 0 amide bonds. The third kappa shape index (κ3) is 3.96. The topological polar surface area (TPSA) is 21.3 Å². The summed E-state index contributed by atoms with van der Waals surface area (Å²) in [4.78, 5) is 1.28. The lowest BCUT2D eigenvalue weighted by atomic mass is 10.2. The fourth-order valence-corrected chi connectivity index (χ4v) is 2.28. The number of rotatable bonds is 6. The molecular formula is C10H16ClNOS. The first-order valence-electron chi connectivity index (χ1n) is 4.71. The Balaban J connectivity index is 2.25. The predicted molar refractivity (Wildman–Crippen MR) is 62.2 cm³/mol. The Morgan fingerprint density at radius 3 is 2.93 bits per heavy atom. The molecule has 0 aliphatic heterocycles. The van der Waals surface area contributed by atoms with Gasteiger partial charge < -0.3 is 10.1 Å². The Morgan fingerprint density at radius 1 is 1.57 bits per heavy atom. The van der Waals surface area contributed by atoms with Gasteiger partial charge in [0, 0.05) is 24.6 Å². The molecule has 0 fully saturated rings. The van der Waals surface area contributed by atoms with Crippen LogP contribution in [0.2, 0.25) is 4.34 Å². The standard InChI is InChI=1S/C10H16ClNOS/c1-8(12-6-3-7-13-2)9-4-5-10(11)14-9/h4-5,8,12H,3,6-7H2,1-2H3. The molecular weight excluding hydrogens is 218 g/mol. The molecule has 1 heterocycles. The van der Waals surface area contributed by atoms with Crippen LogP contribution in [0.5, 0.6) is 0 Å². The lowest BCUT2D eigenvalue weighted by Gasteiger charge is -2.11. The van der Waals surface area contributed by atoms with Crippen molar-refractivity contribution in [1.29, 1.82) is 0 Å². The molecule has 2 nitrogen and oxygen atoms in total. The van der Waals surface area contributed by atoms with Gasteiger partial charge in [0.25, 0.3) is 0 Å². The molecule has 1 aromatic heterocycles. The van der Waals surface area contributed by atoms with E-state index in [0.717, 1.165) is 23.9 Å². The minimum absolute atomic E-state index is 0.379. The molecule has 0 aromatic carbocycles. The molecule has 0 bridgehead atoms. The number of halogens is 1. The molecule has 1 rings (SSSR count). The van der Waals surface area contributed by atoms with Crippen molar-refractivity contribution in [3.8, 4) is 0 Å². The lowest BCUT2D eigenvalue weighted by molar-refractivity contribution is 0.193. The summed E-state index contributed by atoms with van der Waals surface area (Å²) in [7, 11) is 1.72. The Kier molecular flexibility index (Phi) is 5.48. The smallest absolute Gasteiger partial charge is 0.0931 e. The third-order valence-electron chi connectivity index (χ3n) is 2.00. The van der Waals surface area contributed by atoms with Gasteiger partial charge in [0.15, 0.2) is 0 Å². The van der Waals surface area contributed by atoms with E-state index >= 15 is 0 Å². The zero-order valence-electron chi connectivity index (χ0n) is 8.55. The molecule has 1 aromatic rings. The van der Waals surface area contributed by atoms with E-state index < -0.39 is 0 Å². The van der Waals surface area contributed by atoms with E-state index in [4.69, 9.17) is 16.3 Å². The molecule has 14 heavy (non-hydrogen) atoms. The molecule has 0 aliphatic carbocycles. The fraction of sp³-hybridized carbons (Fsp3) is 0.600. The molecule has 0 saturated carbocycles. The predicted octanol–water partition coefficient (Wildman–Crippen LogP) is 3.09. The van der Waals surface area contributed by atoms with Crippen LogP contribution >= 0.6 is 22.9 Å². The summed E-state index contributed by atoms with van der Waals surface area (Å²) < 4.78 is 5.83. The number of hydrogen-bond donors (Lipinski definition) is 1. The Labute approximate surface area is 94.2 Å². The van der Waals surface area contributed by atoms with Gasteiger partial charge in [0.05, 0.1) is 4.34 Å². The second kappa shape index (κ2) is 6.40. The van der Waals surface area contributed by atoms with Crippen LogP contribution in [0.15, 0.2) is 12.1 Å². The summed E-state index contributed by atoms with van der Waals surface area (Å²) in [5.41, 5.74) is 0. The second-order valence-electron chi connectivity index (χ2n) is 3.16. The van der Waals surface area contributed by atoms with Crippen LogP contribution in [0.1, 0.15) is 24.3 Å². The Morgan fingerprint density at radius 2 is 2.36 bits per heavy atom. The average molecular weight is 234 g/mol. The van der Waals surface area contributed by atoms with Gasteiger partial charge in [-0.05, 0) is 32.0 Å². The van der Waals surface area contributed by atoms with Crippen LogP contribution in [0.3, 0.4) is 0 Å². The van der Waals surface area contributed by atoms with Gasteiger partial charge in [-0.1, -0.05) is 11.6 Å². The molecule has 0 radical (unpaired) electrons. The van der Waals surface area contributed by atoms with Gasteiger partial charge in [-0.25, -0.2) is 0 Å². The van der Waals surface area contributed by atoms with Crippen molar-refractivity contribution in [2.75, 3.05) is 20.3 Å². The number of ether oxygens (including phenoxy) is 1. The SMILES string of the molecule is COCCCNC(C)c1ccc(Cl)s1. The van der Waals surface area contributed by atoms with E-state index in [9.17, 15) is 0 Å². The van der Waals surface area contributed by atoms with Crippen molar-refractivity contribution >= 4 is 22.9 Å². The molecule has 1 atom stereocenters. The zero-order chi connectivity index (χ0) is 10.4. The zero-order valence-corrected chi connectivity index (χ0v) is 10.1. The van der Waals surface area contributed by atoms with E-state index in [1.807, 2.05) is 6.07 Å². The summed E-state index contributed by atoms with van der Waals surface area (Å²) in [5, 5.41) is 3.42. The third-order valence-corrected chi connectivity index (χ3v) is 3.41. The second-order valence-corrected chi connectivity index (χ2v) is 4.91. The summed E-state index contributed by atoms with van der Waals surface area (Å²) in [6.07, 6.45) is 1.04. The van der Waals surface area contributed by atoms with Gasteiger partial charge in [-0.3, -0.25) is 0 Å². The van der Waals surface area contributed by atoms with Crippen molar-refractivity contribution in [1.82, 2.24) is 5.32 Å². The number of nitrogens with one attached hydrogen (secondary N) is 1.